The van der Waals surface area contributed by atoms with Gasteiger partial charge in [0.25, 0.3) is 5.91 Å². The van der Waals surface area contributed by atoms with Gasteiger partial charge in [-0.2, -0.15) is 0 Å². The molecule has 5 nitrogen and oxygen atoms in total. The van der Waals surface area contributed by atoms with Crippen molar-refractivity contribution in [1.29, 1.82) is 0 Å². The Hall–Kier alpha value is -1.10. The SMILES string of the molecule is CN1C(=O)C(COC2CCCCC2)(CC2CCCCC2)N=C1N. The summed E-state index contributed by atoms with van der Waals surface area (Å²) in [5, 5.41) is 0. The number of ether oxygens (including phenoxy) is 1. The van der Waals surface area contributed by atoms with Gasteiger partial charge >= 0.3 is 0 Å². The number of nitrogens with zero attached hydrogens (tertiary/aromatic N) is 2. The van der Waals surface area contributed by atoms with Crippen molar-refractivity contribution in [3.05, 3.63) is 0 Å². The summed E-state index contributed by atoms with van der Waals surface area (Å²) < 4.78 is 6.17. The fourth-order valence-corrected chi connectivity index (χ4v) is 4.40. The molecule has 2 fully saturated rings. The standard InChI is InChI=1S/C18H31N3O2/c1-21-16(22)18(20-17(21)19,12-14-8-4-2-5-9-14)13-23-15-10-6-3-7-11-15/h14-15H,2-13H2,1H3,(H2,19,20). The summed E-state index contributed by atoms with van der Waals surface area (Å²) in [5.41, 5.74) is 5.19. The third-order valence-corrected chi connectivity index (χ3v) is 5.84. The Morgan fingerprint density at radius 2 is 1.74 bits per heavy atom. The van der Waals surface area contributed by atoms with E-state index < -0.39 is 5.54 Å². The van der Waals surface area contributed by atoms with Gasteiger partial charge in [-0.1, -0.05) is 51.4 Å². The van der Waals surface area contributed by atoms with E-state index in [1.54, 1.807) is 7.05 Å². The van der Waals surface area contributed by atoms with Crippen LogP contribution < -0.4 is 5.73 Å². The van der Waals surface area contributed by atoms with Crippen molar-refractivity contribution in [3.63, 3.8) is 0 Å². The number of nitrogens with two attached hydrogens (primary N) is 1. The summed E-state index contributed by atoms with van der Waals surface area (Å²) in [4.78, 5) is 18.9. The maximum absolute atomic E-state index is 12.8. The zero-order valence-electron chi connectivity index (χ0n) is 14.4. The molecule has 1 amide bonds. The monoisotopic (exact) mass is 321 g/mol. The summed E-state index contributed by atoms with van der Waals surface area (Å²) in [5.74, 6) is 0.945. The summed E-state index contributed by atoms with van der Waals surface area (Å²) in [7, 11) is 1.73. The molecule has 1 atom stereocenters. The van der Waals surface area contributed by atoms with Crippen molar-refractivity contribution < 1.29 is 9.53 Å². The van der Waals surface area contributed by atoms with Gasteiger partial charge in [0.1, 0.15) is 0 Å². The molecular weight excluding hydrogens is 290 g/mol. The Labute approximate surface area is 139 Å². The Morgan fingerprint density at radius 3 is 2.30 bits per heavy atom. The fourth-order valence-electron chi connectivity index (χ4n) is 4.40. The van der Waals surface area contributed by atoms with Crippen molar-refractivity contribution in [2.75, 3.05) is 13.7 Å². The Kier molecular flexibility index (Phi) is 5.24. The van der Waals surface area contributed by atoms with E-state index in [2.05, 4.69) is 4.99 Å². The van der Waals surface area contributed by atoms with Gasteiger partial charge in [0, 0.05) is 7.05 Å². The van der Waals surface area contributed by atoms with Crippen LogP contribution in [-0.2, 0) is 9.53 Å². The summed E-state index contributed by atoms with van der Waals surface area (Å²) in [6.45, 7) is 0.401. The van der Waals surface area contributed by atoms with E-state index >= 15 is 0 Å². The van der Waals surface area contributed by atoms with E-state index in [1.807, 2.05) is 0 Å². The molecule has 0 aromatic carbocycles. The molecular formula is C18H31N3O2. The van der Waals surface area contributed by atoms with Gasteiger partial charge in [-0.15, -0.1) is 0 Å². The fraction of sp³-hybridized carbons (Fsp3) is 0.889. The van der Waals surface area contributed by atoms with Crippen LogP contribution in [0.4, 0.5) is 0 Å². The lowest BCUT2D eigenvalue weighted by molar-refractivity contribution is -0.134. The largest absolute Gasteiger partial charge is 0.375 e. The molecule has 0 saturated heterocycles. The molecule has 2 aliphatic carbocycles. The number of carbonyl (C=O) groups excluding carboxylic acids is 1. The van der Waals surface area contributed by atoms with Crippen molar-refractivity contribution in [3.8, 4) is 0 Å². The third kappa shape index (κ3) is 3.70. The predicted octanol–water partition coefficient (Wildman–Crippen LogP) is 2.83. The van der Waals surface area contributed by atoms with Crippen LogP contribution in [0.3, 0.4) is 0 Å². The van der Waals surface area contributed by atoms with Gasteiger partial charge < -0.3 is 10.5 Å². The molecule has 2 saturated carbocycles. The van der Waals surface area contributed by atoms with E-state index in [9.17, 15) is 4.79 Å². The number of aliphatic imine (C=N–C) groups is 1. The van der Waals surface area contributed by atoms with Gasteiger partial charge in [-0.05, 0) is 25.2 Å². The first-order valence-corrected chi connectivity index (χ1v) is 9.36. The van der Waals surface area contributed by atoms with Gasteiger partial charge in [0.05, 0.1) is 12.7 Å². The number of rotatable bonds is 5. The average molecular weight is 321 g/mol. The second kappa shape index (κ2) is 7.20. The highest BCUT2D eigenvalue weighted by atomic mass is 16.5. The lowest BCUT2D eigenvalue weighted by Gasteiger charge is -2.33. The van der Waals surface area contributed by atoms with E-state index in [0.717, 1.165) is 19.3 Å². The van der Waals surface area contributed by atoms with Crippen LogP contribution in [0.15, 0.2) is 4.99 Å². The zero-order chi connectivity index (χ0) is 16.3. The van der Waals surface area contributed by atoms with Crippen LogP contribution in [0.5, 0.6) is 0 Å². The molecule has 23 heavy (non-hydrogen) atoms. The molecule has 0 aromatic rings. The Balaban J connectivity index is 1.69. The molecule has 130 valence electrons. The first-order chi connectivity index (χ1) is 11.1. The van der Waals surface area contributed by atoms with Crippen LogP contribution in [0.1, 0.15) is 70.6 Å². The van der Waals surface area contributed by atoms with E-state index in [4.69, 9.17) is 10.5 Å². The molecule has 3 rings (SSSR count). The molecule has 0 bridgehead atoms. The van der Waals surface area contributed by atoms with Crippen molar-refractivity contribution in [1.82, 2.24) is 4.90 Å². The highest BCUT2D eigenvalue weighted by Gasteiger charge is 2.48. The second-order valence-electron chi connectivity index (χ2n) is 7.64. The van der Waals surface area contributed by atoms with E-state index in [1.165, 1.54) is 56.3 Å². The summed E-state index contributed by atoms with van der Waals surface area (Å²) in [6.07, 6.45) is 13.4. The molecule has 3 aliphatic rings. The van der Waals surface area contributed by atoms with Crippen LogP contribution in [0.2, 0.25) is 0 Å². The molecule has 1 aliphatic heterocycles. The summed E-state index contributed by atoms with van der Waals surface area (Å²) in [6, 6.07) is 0. The lowest BCUT2D eigenvalue weighted by atomic mass is 9.79. The number of hydrogen-bond donors (Lipinski definition) is 1. The maximum Gasteiger partial charge on any atom is 0.259 e. The number of likely N-dealkylation sites (N-methyl/N-ethyl adjacent to an activating group) is 1. The molecule has 0 aromatic heterocycles. The highest BCUT2D eigenvalue weighted by molar-refractivity contribution is 6.06. The zero-order valence-corrected chi connectivity index (χ0v) is 14.4. The Morgan fingerprint density at radius 1 is 1.13 bits per heavy atom. The van der Waals surface area contributed by atoms with Gasteiger partial charge in [0.15, 0.2) is 11.5 Å². The predicted molar refractivity (Wildman–Crippen MR) is 91.1 cm³/mol. The topological polar surface area (TPSA) is 67.9 Å². The first-order valence-electron chi connectivity index (χ1n) is 9.36. The molecule has 0 spiro atoms. The average Bonchev–Trinajstić information content (AvgIpc) is 2.79. The van der Waals surface area contributed by atoms with E-state index in [-0.39, 0.29) is 5.91 Å². The lowest BCUT2D eigenvalue weighted by Crippen LogP contribution is -2.47. The summed E-state index contributed by atoms with van der Waals surface area (Å²) >= 11 is 0. The van der Waals surface area contributed by atoms with Crippen molar-refractivity contribution in [2.24, 2.45) is 16.6 Å². The van der Waals surface area contributed by atoms with Gasteiger partial charge in [-0.3, -0.25) is 9.69 Å². The minimum Gasteiger partial charge on any atom is -0.375 e. The quantitative estimate of drug-likeness (QED) is 0.846. The van der Waals surface area contributed by atoms with Crippen LogP contribution in [0, 0.1) is 5.92 Å². The molecule has 1 unspecified atom stereocenters. The smallest absolute Gasteiger partial charge is 0.259 e. The number of guanidine groups is 1. The second-order valence-corrected chi connectivity index (χ2v) is 7.64. The minimum atomic E-state index is -0.766. The van der Waals surface area contributed by atoms with Crippen molar-refractivity contribution >= 4 is 11.9 Å². The molecule has 2 N–H and O–H groups in total. The van der Waals surface area contributed by atoms with Crippen LogP contribution in [-0.4, -0.2) is 42.1 Å². The maximum atomic E-state index is 12.8. The molecule has 1 heterocycles. The number of hydrogen-bond acceptors (Lipinski definition) is 4. The number of amides is 1. The van der Waals surface area contributed by atoms with Gasteiger partial charge in [0.2, 0.25) is 0 Å². The van der Waals surface area contributed by atoms with Crippen molar-refractivity contribution in [2.45, 2.75) is 82.3 Å². The number of carbonyl (C=O) groups is 1. The Bertz CT molecular complexity index is 453. The van der Waals surface area contributed by atoms with Crippen LogP contribution >= 0.6 is 0 Å². The molecule has 5 heteroatoms. The first kappa shape index (κ1) is 16.7. The minimum absolute atomic E-state index is 0.0244. The molecule has 0 radical (unpaired) electrons. The third-order valence-electron chi connectivity index (χ3n) is 5.84. The van der Waals surface area contributed by atoms with E-state index in [0.29, 0.717) is 24.6 Å². The van der Waals surface area contributed by atoms with Gasteiger partial charge in [-0.25, -0.2) is 4.99 Å². The normalized spacial score (nSPS) is 30.7. The highest BCUT2D eigenvalue weighted by Crippen LogP contribution is 2.36. The van der Waals surface area contributed by atoms with Crippen LogP contribution in [0.25, 0.3) is 0 Å².